The highest BCUT2D eigenvalue weighted by molar-refractivity contribution is 5.77. The molecule has 0 rings (SSSR count). The molecule has 0 fully saturated rings. The molecule has 0 aromatic rings. The van der Waals surface area contributed by atoms with Crippen LogP contribution in [-0.2, 0) is 14.3 Å². The Morgan fingerprint density at radius 3 is 2.47 bits per heavy atom. The number of aliphatic carboxylic acids is 1. The number of nitrogens with zero attached hydrogens (tertiary/aromatic N) is 1. The molecule has 0 aromatic heterocycles. The number of ether oxygens (including phenoxy) is 1. The Labute approximate surface area is 98.2 Å². The first-order valence-corrected chi connectivity index (χ1v) is 4.85. The molecule has 8 heteroatoms. The second-order valence-electron chi connectivity index (χ2n) is 3.29. The molecule has 0 heterocycles. The van der Waals surface area contributed by atoms with Gasteiger partial charge in [-0.2, -0.15) is 0 Å². The molecule has 0 unspecified atom stereocenters. The summed E-state index contributed by atoms with van der Waals surface area (Å²) in [5.41, 5.74) is 0. The number of hydrogen-bond acceptors (Lipinski definition) is 5. The molecule has 8 nitrogen and oxygen atoms in total. The number of carbonyl (C=O) groups is 3. The minimum atomic E-state index is -1.65. The van der Waals surface area contributed by atoms with Crippen LogP contribution in [0, 0.1) is 0 Å². The van der Waals surface area contributed by atoms with E-state index < -0.39 is 30.6 Å². The van der Waals surface area contributed by atoms with Crippen LogP contribution in [0.15, 0.2) is 0 Å². The van der Waals surface area contributed by atoms with Gasteiger partial charge in [0.05, 0.1) is 20.1 Å². The Hall–Kier alpha value is -1.83. The summed E-state index contributed by atoms with van der Waals surface area (Å²) in [5.74, 6) is -1.86. The van der Waals surface area contributed by atoms with Crippen LogP contribution in [0.4, 0.5) is 4.79 Å². The van der Waals surface area contributed by atoms with Gasteiger partial charge in [-0.05, 0) is 0 Å². The molecule has 0 bridgehead atoms. The van der Waals surface area contributed by atoms with E-state index in [-0.39, 0.29) is 13.0 Å². The minimum Gasteiger partial charge on any atom is -0.479 e. The van der Waals surface area contributed by atoms with Gasteiger partial charge in [-0.1, -0.05) is 0 Å². The van der Waals surface area contributed by atoms with E-state index in [4.69, 9.17) is 10.2 Å². The first-order chi connectivity index (χ1) is 7.88. The van der Waals surface area contributed by atoms with E-state index in [0.29, 0.717) is 0 Å². The largest absolute Gasteiger partial charge is 0.479 e. The summed E-state index contributed by atoms with van der Waals surface area (Å²) in [5, 5.41) is 19.5. The second-order valence-corrected chi connectivity index (χ2v) is 3.29. The number of esters is 1. The molecule has 17 heavy (non-hydrogen) atoms. The zero-order valence-electron chi connectivity index (χ0n) is 9.67. The van der Waals surface area contributed by atoms with E-state index in [0.717, 1.165) is 0 Å². The summed E-state index contributed by atoms with van der Waals surface area (Å²) in [6.07, 6.45) is -1.60. The molecule has 0 saturated heterocycles. The number of carboxylic acid groups (broad SMARTS) is 1. The molecule has 0 saturated carbocycles. The Morgan fingerprint density at radius 1 is 1.41 bits per heavy atom. The fourth-order valence-corrected chi connectivity index (χ4v) is 0.869. The normalized spacial score (nSPS) is 11.5. The summed E-state index contributed by atoms with van der Waals surface area (Å²) in [6.45, 7) is -0.252. The summed E-state index contributed by atoms with van der Waals surface area (Å²) >= 11 is 0. The Bertz CT molecular complexity index is 293. The third kappa shape index (κ3) is 6.36. The Balaban J connectivity index is 3.90. The number of urea groups is 1. The molecule has 3 N–H and O–H groups in total. The lowest BCUT2D eigenvalue weighted by Gasteiger charge is -2.17. The van der Waals surface area contributed by atoms with E-state index in [9.17, 15) is 14.4 Å². The first-order valence-electron chi connectivity index (χ1n) is 4.85. The Kier molecular flexibility index (Phi) is 6.64. The third-order valence-corrected chi connectivity index (χ3v) is 1.96. The topological polar surface area (TPSA) is 116 Å². The lowest BCUT2D eigenvalue weighted by atomic mass is 10.3. The number of hydrogen-bond donors (Lipinski definition) is 3. The maximum Gasteiger partial charge on any atom is 0.334 e. The van der Waals surface area contributed by atoms with Gasteiger partial charge in [0.15, 0.2) is 6.10 Å². The van der Waals surface area contributed by atoms with Crippen molar-refractivity contribution in [3.05, 3.63) is 0 Å². The first kappa shape index (κ1) is 15.2. The SMILES string of the molecule is COC(=O)CCN(C)C(=O)NC[C@H](O)C(=O)O. The van der Waals surface area contributed by atoms with Crippen molar-refractivity contribution in [3.8, 4) is 0 Å². The predicted molar refractivity (Wildman–Crippen MR) is 56.3 cm³/mol. The Morgan fingerprint density at radius 2 is 2.00 bits per heavy atom. The van der Waals surface area contributed by atoms with Gasteiger partial charge in [-0.3, -0.25) is 4.79 Å². The van der Waals surface area contributed by atoms with E-state index >= 15 is 0 Å². The summed E-state index contributed by atoms with van der Waals surface area (Å²) < 4.78 is 4.39. The van der Waals surface area contributed by atoms with Crippen LogP contribution in [0.5, 0.6) is 0 Å². The molecule has 0 aromatic carbocycles. The van der Waals surface area contributed by atoms with Crippen LogP contribution in [0.1, 0.15) is 6.42 Å². The summed E-state index contributed by atoms with van der Waals surface area (Å²) in [6, 6.07) is -0.575. The number of carboxylic acids is 1. The lowest BCUT2D eigenvalue weighted by molar-refractivity contribution is -0.146. The molecule has 0 aliphatic rings. The van der Waals surface area contributed by atoms with Gasteiger partial charge < -0.3 is 25.2 Å². The third-order valence-electron chi connectivity index (χ3n) is 1.96. The van der Waals surface area contributed by atoms with Crippen LogP contribution in [0.3, 0.4) is 0 Å². The van der Waals surface area contributed by atoms with Gasteiger partial charge >= 0.3 is 18.0 Å². The molecular formula is C9H16N2O6. The predicted octanol–water partition coefficient (Wildman–Crippen LogP) is -1.36. The molecule has 0 aliphatic carbocycles. The van der Waals surface area contributed by atoms with Crippen molar-refractivity contribution in [2.45, 2.75) is 12.5 Å². The highest BCUT2D eigenvalue weighted by Gasteiger charge is 2.16. The van der Waals surface area contributed by atoms with Gasteiger partial charge in [-0.15, -0.1) is 0 Å². The molecular weight excluding hydrogens is 232 g/mol. The van der Waals surface area contributed by atoms with E-state index in [1.807, 2.05) is 0 Å². The van der Waals surface area contributed by atoms with E-state index in [1.165, 1.54) is 19.1 Å². The molecule has 1 atom stereocenters. The van der Waals surface area contributed by atoms with E-state index in [2.05, 4.69) is 10.1 Å². The molecule has 98 valence electrons. The zero-order chi connectivity index (χ0) is 13.4. The highest BCUT2D eigenvalue weighted by Crippen LogP contribution is 1.91. The number of aliphatic hydroxyl groups excluding tert-OH is 1. The number of rotatable bonds is 6. The maximum absolute atomic E-state index is 11.3. The number of methoxy groups -OCH3 is 1. The van der Waals surface area contributed by atoms with Crippen LogP contribution in [-0.4, -0.2) is 66.4 Å². The number of nitrogens with one attached hydrogen (secondary N) is 1. The quantitative estimate of drug-likeness (QED) is 0.500. The second kappa shape index (κ2) is 7.44. The van der Waals surface area contributed by atoms with E-state index in [1.54, 1.807) is 0 Å². The molecule has 0 aliphatic heterocycles. The molecule has 2 amide bonds. The van der Waals surface area contributed by atoms with Crippen molar-refractivity contribution in [2.75, 3.05) is 27.2 Å². The molecule has 0 radical (unpaired) electrons. The van der Waals surface area contributed by atoms with Crippen LogP contribution in [0.25, 0.3) is 0 Å². The number of aliphatic hydroxyl groups is 1. The average Bonchev–Trinajstić information content (AvgIpc) is 2.31. The minimum absolute atomic E-state index is 0.0436. The number of carbonyl (C=O) groups excluding carboxylic acids is 2. The smallest absolute Gasteiger partial charge is 0.334 e. The van der Waals surface area contributed by atoms with Gasteiger partial charge in [0.1, 0.15) is 0 Å². The highest BCUT2D eigenvalue weighted by atomic mass is 16.5. The standard InChI is InChI=1S/C9H16N2O6/c1-11(4-3-7(13)17-2)9(16)10-5-6(12)8(14)15/h6,12H,3-5H2,1-2H3,(H,10,16)(H,14,15)/t6-/m0/s1. The monoisotopic (exact) mass is 248 g/mol. The van der Waals surface area contributed by atoms with Crippen molar-refractivity contribution in [2.24, 2.45) is 0 Å². The summed E-state index contributed by atoms with van der Waals surface area (Å²) in [7, 11) is 2.68. The van der Waals surface area contributed by atoms with Crippen molar-refractivity contribution in [3.63, 3.8) is 0 Å². The van der Waals surface area contributed by atoms with Gasteiger partial charge in [0, 0.05) is 13.6 Å². The van der Waals surface area contributed by atoms with Crippen LogP contribution in [0.2, 0.25) is 0 Å². The van der Waals surface area contributed by atoms with Crippen molar-refractivity contribution >= 4 is 18.0 Å². The summed E-state index contributed by atoms with van der Waals surface area (Å²) in [4.78, 5) is 33.6. The van der Waals surface area contributed by atoms with Crippen molar-refractivity contribution < 1.29 is 29.3 Å². The van der Waals surface area contributed by atoms with Crippen molar-refractivity contribution in [1.82, 2.24) is 10.2 Å². The fourth-order valence-electron chi connectivity index (χ4n) is 0.869. The lowest BCUT2D eigenvalue weighted by Crippen LogP contribution is -2.43. The van der Waals surface area contributed by atoms with Crippen molar-refractivity contribution in [1.29, 1.82) is 0 Å². The van der Waals surface area contributed by atoms with Crippen LogP contribution >= 0.6 is 0 Å². The van der Waals surface area contributed by atoms with Gasteiger partial charge in [0.25, 0.3) is 0 Å². The number of amides is 2. The van der Waals surface area contributed by atoms with Crippen LogP contribution < -0.4 is 5.32 Å². The fraction of sp³-hybridized carbons (Fsp3) is 0.667. The molecule has 0 spiro atoms. The zero-order valence-corrected chi connectivity index (χ0v) is 9.67. The average molecular weight is 248 g/mol. The van der Waals surface area contributed by atoms with Gasteiger partial charge in [-0.25, -0.2) is 9.59 Å². The maximum atomic E-state index is 11.3. The van der Waals surface area contributed by atoms with Gasteiger partial charge in [0.2, 0.25) is 0 Å².